The lowest BCUT2D eigenvalue weighted by molar-refractivity contribution is -0.384. The maximum absolute atomic E-state index is 13.5. The van der Waals surface area contributed by atoms with Gasteiger partial charge in [-0.25, -0.2) is 12.4 Å². The van der Waals surface area contributed by atoms with Gasteiger partial charge in [0, 0.05) is 23.7 Å². The molecule has 0 bridgehead atoms. The quantitative estimate of drug-likeness (QED) is 0.182. The van der Waals surface area contributed by atoms with Gasteiger partial charge in [-0.3, -0.25) is 10.1 Å². The molecule has 35 heavy (non-hydrogen) atoms. The van der Waals surface area contributed by atoms with E-state index in [1.807, 2.05) is 6.92 Å². The molecular formula is C25H22Cl2N2O5S. The predicted octanol–water partition coefficient (Wildman–Crippen LogP) is 7.39. The predicted molar refractivity (Wildman–Crippen MR) is 137 cm³/mol. The minimum absolute atomic E-state index is 0.00813. The first-order valence-electron chi connectivity index (χ1n) is 10.7. The number of hydrogen-bond acceptors (Lipinski definition) is 5. The minimum Gasteiger partial charge on any atom is -0.454 e. The van der Waals surface area contributed by atoms with Crippen LogP contribution in [0.5, 0.6) is 11.5 Å². The summed E-state index contributed by atoms with van der Waals surface area (Å²) >= 11 is 12.4. The summed E-state index contributed by atoms with van der Waals surface area (Å²) in [6, 6.07) is 14.0. The summed E-state index contributed by atoms with van der Waals surface area (Å²) in [5.74, 6) is 0.723. The Hall–Kier alpha value is -3.07. The summed E-state index contributed by atoms with van der Waals surface area (Å²) in [5, 5.41) is 11.7. The van der Waals surface area contributed by atoms with Crippen molar-refractivity contribution < 1.29 is 18.1 Å². The lowest BCUT2D eigenvalue weighted by Crippen LogP contribution is -2.11. The summed E-state index contributed by atoms with van der Waals surface area (Å²) in [6.45, 7) is 6.00. The Bertz CT molecular complexity index is 1520. The highest BCUT2D eigenvalue weighted by Crippen LogP contribution is 2.40. The molecule has 4 rings (SSSR count). The van der Waals surface area contributed by atoms with Crippen LogP contribution in [0.25, 0.3) is 10.9 Å². The zero-order valence-electron chi connectivity index (χ0n) is 19.2. The minimum atomic E-state index is -3.83. The molecule has 1 aromatic heterocycles. The molecule has 0 N–H and O–H groups in total. The summed E-state index contributed by atoms with van der Waals surface area (Å²) in [4.78, 5) is 10.6. The Kier molecular flexibility index (Phi) is 6.81. The largest absolute Gasteiger partial charge is 0.454 e. The van der Waals surface area contributed by atoms with Gasteiger partial charge in [-0.1, -0.05) is 54.7 Å². The standard InChI is InChI=1S/C25H22Cl2N2O5S/c1-15(2)10-17-14-28(35(32,33)20-7-4-16(3)5-8-20)24-9-6-19(13-21(17)24)34-25-22(26)11-18(29(30)31)12-23(25)27/h4-9,11-15H,10H2,1-3H3. The van der Waals surface area contributed by atoms with Crippen LogP contribution in [-0.4, -0.2) is 17.3 Å². The molecule has 0 saturated carbocycles. The fourth-order valence-electron chi connectivity index (χ4n) is 3.80. The van der Waals surface area contributed by atoms with Gasteiger partial charge in [-0.05, 0) is 55.2 Å². The number of nitrogens with zero attached hydrogens (tertiary/aromatic N) is 2. The van der Waals surface area contributed by atoms with E-state index in [0.717, 1.165) is 23.3 Å². The van der Waals surface area contributed by atoms with Gasteiger partial charge in [0.1, 0.15) is 5.75 Å². The summed E-state index contributed by atoms with van der Waals surface area (Å²) in [6.07, 6.45) is 2.30. The van der Waals surface area contributed by atoms with E-state index in [4.69, 9.17) is 27.9 Å². The van der Waals surface area contributed by atoms with Crippen LogP contribution < -0.4 is 4.74 Å². The molecule has 4 aromatic rings. The summed E-state index contributed by atoms with van der Waals surface area (Å²) in [5.41, 5.74) is 2.07. The van der Waals surface area contributed by atoms with Gasteiger partial charge in [0.15, 0.2) is 5.75 Å². The number of hydrogen-bond donors (Lipinski definition) is 0. The van der Waals surface area contributed by atoms with Gasteiger partial charge < -0.3 is 4.74 Å². The average Bonchev–Trinajstić information content (AvgIpc) is 3.14. The zero-order chi connectivity index (χ0) is 25.5. The van der Waals surface area contributed by atoms with Crippen molar-refractivity contribution in [3.8, 4) is 11.5 Å². The summed E-state index contributed by atoms with van der Waals surface area (Å²) < 4.78 is 34.1. The molecule has 0 unspecified atom stereocenters. The Morgan fingerprint density at radius 3 is 2.23 bits per heavy atom. The molecule has 0 aliphatic rings. The van der Waals surface area contributed by atoms with Crippen LogP contribution in [0.15, 0.2) is 65.7 Å². The van der Waals surface area contributed by atoms with Crippen molar-refractivity contribution in [2.24, 2.45) is 5.92 Å². The average molecular weight is 533 g/mol. The van der Waals surface area contributed by atoms with Crippen LogP contribution >= 0.6 is 23.2 Å². The van der Waals surface area contributed by atoms with Crippen molar-refractivity contribution in [2.75, 3.05) is 0 Å². The molecule has 0 radical (unpaired) electrons. The highest BCUT2D eigenvalue weighted by molar-refractivity contribution is 7.90. The first kappa shape index (κ1) is 25.0. The molecule has 0 aliphatic carbocycles. The molecule has 0 atom stereocenters. The molecule has 0 spiro atoms. The van der Waals surface area contributed by atoms with E-state index in [1.54, 1.807) is 48.7 Å². The molecule has 0 fully saturated rings. The third-order valence-electron chi connectivity index (χ3n) is 5.44. The highest BCUT2D eigenvalue weighted by atomic mass is 35.5. The number of nitro benzene ring substituents is 1. The second kappa shape index (κ2) is 9.53. The van der Waals surface area contributed by atoms with Crippen molar-refractivity contribution in [1.29, 1.82) is 0 Å². The molecule has 0 aliphatic heterocycles. The maximum atomic E-state index is 13.5. The molecular weight excluding hydrogens is 511 g/mol. The van der Waals surface area contributed by atoms with E-state index < -0.39 is 14.9 Å². The van der Waals surface area contributed by atoms with E-state index in [0.29, 0.717) is 23.1 Å². The molecule has 3 aromatic carbocycles. The summed E-state index contributed by atoms with van der Waals surface area (Å²) in [7, 11) is -3.83. The lowest BCUT2D eigenvalue weighted by Gasteiger charge is -2.11. The number of ether oxygens (including phenoxy) is 1. The van der Waals surface area contributed by atoms with Crippen LogP contribution in [-0.2, 0) is 16.4 Å². The fraction of sp³-hybridized carbons (Fsp3) is 0.200. The molecule has 10 heteroatoms. The van der Waals surface area contributed by atoms with Crippen LogP contribution in [0.2, 0.25) is 10.0 Å². The Morgan fingerprint density at radius 2 is 1.66 bits per heavy atom. The van der Waals surface area contributed by atoms with Gasteiger partial charge in [-0.15, -0.1) is 0 Å². The first-order chi connectivity index (χ1) is 16.5. The second-order valence-electron chi connectivity index (χ2n) is 8.64. The Labute approximate surface area is 213 Å². The van der Waals surface area contributed by atoms with Crippen LogP contribution in [0, 0.1) is 23.0 Å². The van der Waals surface area contributed by atoms with E-state index in [1.165, 1.54) is 3.97 Å². The zero-order valence-corrected chi connectivity index (χ0v) is 21.5. The Morgan fingerprint density at radius 1 is 1.03 bits per heavy atom. The number of rotatable bonds is 7. The van der Waals surface area contributed by atoms with Crippen LogP contribution in [0.3, 0.4) is 0 Å². The van der Waals surface area contributed by atoms with Gasteiger partial charge in [0.2, 0.25) is 0 Å². The molecule has 1 heterocycles. The third kappa shape index (κ3) is 5.00. The number of aryl methyl sites for hydroxylation is 1. The normalized spacial score (nSPS) is 11.8. The Balaban J connectivity index is 1.82. The number of aromatic nitrogens is 1. The first-order valence-corrected chi connectivity index (χ1v) is 12.9. The number of nitro groups is 1. The van der Waals surface area contributed by atoms with Crippen molar-refractivity contribution in [3.63, 3.8) is 0 Å². The monoisotopic (exact) mass is 532 g/mol. The van der Waals surface area contributed by atoms with Gasteiger partial charge >= 0.3 is 0 Å². The molecule has 7 nitrogen and oxygen atoms in total. The van der Waals surface area contributed by atoms with Crippen molar-refractivity contribution >= 4 is 49.8 Å². The second-order valence-corrected chi connectivity index (χ2v) is 11.3. The maximum Gasteiger partial charge on any atom is 0.272 e. The number of halogens is 2. The topological polar surface area (TPSA) is 91.4 Å². The number of fused-ring (bicyclic) bond motifs is 1. The molecule has 0 amide bonds. The van der Waals surface area contributed by atoms with Gasteiger partial charge in [0.25, 0.3) is 15.7 Å². The van der Waals surface area contributed by atoms with Crippen LogP contribution in [0.1, 0.15) is 25.0 Å². The number of non-ortho nitro benzene ring substituents is 1. The van der Waals surface area contributed by atoms with E-state index in [9.17, 15) is 18.5 Å². The fourth-order valence-corrected chi connectivity index (χ4v) is 5.75. The SMILES string of the molecule is Cc1ccc(S(=O)(=O)n2cc(CC(C)C)c3cc(Oc4c(Cl)cc([N+](=O)[O-])cc4Cl)ccc32)cc1. The van der Waals surface area contributed by atoms with Gasteiger partial charge in [0.05, 0.1) is 25.4 Å². The lowest BCUT2D eigenvalue weighted by atomic mass is 10.0. The van der Waals surface area contributed by atoms with Crippen LogP contribution in [0.4, 0.5) is 5.69 Å². The number of benzene rings is 3. The van der Waals surface area contributed by atoms with E-state index in [2.05, 4.69) is 13.8 Å². The molecule has 0 saturated heterocycles. The van der Waals surface area contributed by atoms with E-state index in [-0.39, 0.29) is 32.3 Å². The van der Waals surface area contributed by atoms with E-state index >= 15 is 0 Å². The smallest absolute Gasteiger partial charge is 0.272 e. The van der Waals surface area contributed by atoms with Gasteiger partial charge in [-0.2, -0.15) is 0 Å². The highest BCUT2D eigenvalue weighted by Gasteiger charge is 2.23. The third-order valence-corrected chi connectivity index (χ3v) is 7.69. The van der Waals surface area contributed by atoms with Crippen molar-refractivity contribution in [1.82, 2.24) is 3.97 Å². The van der Waals surface area contributed by atoms with Crippen molar-refractivity contribution in [3.05, 3.63) is 92.1 Å². The van der Waals surface area contributed by atoms with Crippen molar-refractivity contribution in [2.45, 2.75) is 32.1 Å². The molecule has 182 valence electrons.